The van der Waals surface area contributed by atoms with E-state index in [9.17, 15) is 13.1 Å². The molecule has 0 bridgehead atoms. The van der Waals surface area contributed by atoms with Crippen LogP contribution >= 0.6 is 0 Å². The predicted molar refractivity (Wildman–Crippen MR) is 69.0 cm³/mol. The van der Waals surface area contributed by atoms with Crippen LogP contribution in [0.1, 0.15) is 20.8 Å². The SMILES string of the molecule is CC.CC(=O)OCCF.O=S(=O)([O-])F.c1ccncc1. The average Bonchev–Trinajstić information content (AvgIpc) is 2.39. The topological polar surface area (TPSA) is 96.4 Å². The summed E-state index contributed by atoms with van der Waals surface area (Å²) in [5.41, 5.74) is 0. The first-order valence-electron chi connectivity index (χ1n) is 5.47. The summed E-state index contributed by atoms with van der Waals surface area (Å²) in [6.07, 6.45) is 3.50. The van der Waals surface area contributed by atoms with Crippen LogP contribution in [0.3, 0.4) is 0 Å². The van der Waals surface area contributed by atoms with E-state index < -0.39 is 23.1 Å². The van der Waals surface area contributed by atoms with Gasteiger partial charge in [0, 0.05) is 19.3 Å². The zero-order valence-corrected chi connectivity index (χ0v) is 12.3. The van der Waals surface area contributed by atoms with Gasteiger partial charge in [-0.2, -0.15) is 0 Å². The first-order valence-corrected chi connectivity index (χ1v) is 6.78. The van der Waals surface area contributed by atoms with Gasteiger partial charge >= 0.3 is 5.97 Å². The van der Waals surface area contributed by atoms with Gasteiger partial charge in [0.25, 0.3) is 10.5 Å². The molecule has 0 saturated carbocycles. The minimum atomic E-state index is -5.42. The van der Waals surface area contributed by atoms with Crippen molar-refractivity contribution in [2.45, 2.75) is 20.8 Å². The van der Waals surface area contributed by atoms with Gasteiger partial charge in [-0.3, -0.25) is 9.78 Å². The molecule has 0 radical (unpaired) electrons. The average molecular weight is 314 g/mol. The molecule has 0 atom stereocenters. The molecule has 1 aromatic rings. The molecule has 9 heteroatoms. The number of ether oxygens (including phenoxy) is 1. The molecule has 118 valence electrons. The summed E-state index contributed by atoms with van der Waals surface area (Å²) in [4.78, 5) is 13.6. The maximum Gasteiger partial charge on any atom is 0.302 e. The summed E-state index contributed by atoms with van der Waals surface area (Å²) in [6, 6.07) is 5.72. The van der Waals surface area contributed by atoms with Crippen LogP contribution in [0.2, 0.25) is 0 Å². The molecule has 1 rings (SSSR count). The maximum absolute atomic E-state index is 11.1. The summed E-state index contributed by atoms with van der Waals surface area (Å²) in [5.74, 6) is -0.433. The Balaban J connectivity index is -0.000000206. The number of nitrogens with zero attached hydrogens (tertiary/aromatic N) is 1. The normalized spacial score (nSPS) is 8.50. The fourth-order valence-corrected chi connectivity index (χ4v) is 0.495. The van der Waals surface area contributed by atoms with Crippen LogP contribution in [0, 0.1) is 0 Å². The zero-order chi connectivity index (χ0) is 16.4. The second-order valence-corrected chi connectivity index (χ2v) is 3.23. The Morgan fingerprint density at radius 1 is 1.25 bits per heavy atom. The molecule has 0 N–H and O–H groups in total. The van der Waals surface area contributed by atoms with E-state index in [1.165, 1.54) is 6.92 Å². The fourth-order valence-electron chi connectivity index (χ4n) is 0.495. The van der Waals surface area contributed by atoms with Crippen molar-refractivity contribution in [1.29, 1.82) is 0 Å². The van der Waals surface area contributed by atoms with Gasteiger partial charge in [0.05, 0.1) is 0 Å². The molecule has 6 nitrogen and oxygen atoms in total. The molecule has 0 aromatic carbocycles. The molecule has 1 heterocycles. The molecule has 0 aliphatic rings. The molecule has 0 spiro atoms. The van der Waals surface area contributed by atoms with Crippen LogP contribution in [0.4, 0.5) is 8.28 Å². The lowest BCUT2D eigenvalue weighted by molar-refractivity contribution is -0.141. The molecular formula is C11H18F2NO5S-. The molecular weight excluding hydrogens is 296 g/mol. The molecule has 0 unspecified atom stereocenters. The van der Waals surface area contributed by atoms with E-state index in [1.54, 1.807) is 12.4 Å². The van der Waals surface area contributed by atoms with Crippen LogP contribution in [-0.4, -0.2) is 37.2 Å². The molecule has 0 fully saturated rings. The lowest BCUT2D eigenvalue weighted by atomic mass is 10.5. The van der Waals surface area contributed by atoms with Crippen molar-refractivity contribution >= 4 is 16.5 Å². The van der Waals surface area contributed by atoms with Crippen molar-refractivity contribution in [3.63, 3.8) is 0 Å². The Labute approximate surface area is 117 Å². The van der Waals surface area contributed by atoms with Crippen molar-refractivity contribution in [3.8, 4) is 0 Å². The van der Waals surface area contributed by atoms with Gasteiger partial charge in [-0.05, 0) is 12.1 Å². The zero-order valence-electron chi connectivity index (χ0n) is 11.5. The third-order valence-electron chi connectivity index (χ3n) is 0.949. The quantitative estimate of drug-likeness (QED) is 0.471. The van der Waals surface area contributed by atoms with Gasteiger partial charge < -0.3 is 9.29 Å². The Morgan fingerprint density at radius 2 is 1.65 bits per heavy atom. The number of carbonyl (C=O) groups excluding carboxylic acids is 1. The van der Waals surface area contributed by atoms with Gasteiger partial charge in [0.15, 0.2) is 0 Å². The highest BCUT2D eigenvalue weighted by Gasteiger charge is 1.87. The Hall–Kier alpha value is -1.61. The number of hydrogen-bond donors (Lipinski definition) is 0. The van der Waals surface area contributed by atoms with Gasteiger partial charge in [-0.15, -0.1) is 3.89 Å². The van der Waals surface area contributed by atoms with Gasteiger partial charge in [-0.25, -0.2) is 12.8 Å². The third-order valence-corrected chi connectivity index (χ3v) is 0.949. The standard InChI is InChI=1S/C5H5N.C4H7FO2.C2H6.FHO3S/c1-2-4-6-5-3-1;1-4(6)7-3-2-5;1-2;1-5(2,3)4/h1-5H;2-3H2,1H3;1-2H3;(H,2,3,4)/p-1. The van der Waals surface area contributed by atoms with Crippen LogP contribution < -0.4 is 0 Å². The number of rotatable bonds is 2. The summed E-state index contributed by atoms with van der Waals surface area (Å²) in [5, 5.41) is 0. The molecule has 0 aliphatic heterocycles. The van der Waals surface area contributed by atoms with E-state index in [0.717, 1.165) is 0 Å². The van der Waals surface area contributed by atoms with Crippen molar-refractivity contribution in [3.05, 3.63) is 30.6 Å². The number of hydrogen-bond acceptors (Lipinski definition) is 6. The summed E-state index contributed by atoms with van der Waals surface area (Å²) >= 11 is 0. The molecule has 0 saturated heterocycles. The third kappa shape index (κ3) is 55.1. The minimum absolute atomic E-state index is 0.116. The Bertz CT molecular complexity index is 366. The van der Waals surface area contributed by atoms with Crippen molar-refractivity contribution in [2.24, 2.45) is 0 Å². The van der Waals surface area contributed by atoms with Crippen LogP contribution in [-0.2, 0) is 20.0 Å². The minimum Gasteiger partial charge on any atom is -0.722 e. The number of aromatic nitrogens is 1. The smallest absolute Gasteiger partial charge is 0.302 e. The highest BCUT2D eigenvalue weighted by atomic mass is 32.3. The number of halogens is 2. The molecule has 0 aliphatic carbocycles. The van der Waals surface area contributed by atoms with E-state index in [-0.39, 0.29) is 6.61 Å². The van der Waals surface area contributed by atoms with E-state index in [0.29, 0.717) is 0 Å². The lowest BCUT2D eigenvalue weighted by Gasteiger charge is -1.92. The monoisotopic (exact) mass is 314 g/mol. The summed E-state index contributed by atoms with van der Waals surface area (Å²) in [6.45, 7) is 4.53. The summed E-state index contributed by atoms with van der Waals surface area (Å²) in [7, 11) is -5.42. The number of carbonyl (C=O) groups is 1. The van der Waals surface area contributed by atoms with E-state index in [4.69, 9.17) is 13.0 Å². The highest BCUT2D eigenvalue weighted by molar-refractivity contribution is 7.80. The second kappa shape index (κ2) is 17.4. The van der Waals surface area contributed by atoms with Crippen molar-refractivity contribution in [1.82, 2.24) is 4.98 Å². The van der Waals surface area contributed by atoms with Crippen molar-refractivity contribution in [2.75, 3.05) is 13.3 Å². The second-order valence-electron chi connectivity index (χ2n) is 2.45. The van der Waals surface area contributed by atoms with Gasteiger partial charge in [0.2, 0.25) is 0 Å². The maximum atomic E-state index is 11.1. The van der Waals surface area contributed by atoms with E-state index >= 15 is 0 Å². The molecule has 20 heavy (non-hydrogen) atoms. The Kier molecular flexibility index (Phi) is 20.4. The number of esters is 1. The lowest BCUT2D eigenvalue weighted by Crippen LogP contribution is -2.00. The Morgan fingerprint density at radius 3 is 1.75 bits per heavy atom. The van der Waals surface area contributed by atoms with Crippen LogP contribution in [0.25, 0.3) is 0 Å². The van der Waals surface area contributed by atoms with Crippen LogP contribution in [0.5, 0.6) is 0 Å². The predicted octanol–water partition coefficient (Wildman–Crippen LogP) is 2.04. The fraction of sp³-hybridized carbons (Fsp3) is 0.455. The van der Waals surface area contributed by atoms with Gasteiger partial charge in [-0.1, -0.05) is 19.9 Å². The van der Waals surface area contributed by atoms with Crippen LogP contribution in [0.15, 0.2) is 30.6 Å². The van der Waals surface area contributed by atoms with E-state index in [2.05, 4.69) is 9.72 Å². The molecule has 0 amide bonds. The van der Waals surface area contributed by atoms with E-state index in [1.807, 2.05) is 32.0 Å². The first-order chi connectivity index (χ1) is 9.27. The summed E-state index contributed by atoms with van der Waals surface area (Å²) < 4.78 is 50.6. The van der Waals surface area contributed by atoms with Crippen molar-refractivity contribution < 1.29 is 30.8 Å². The number of alkyl halides is 1. The van der Waals surface area contributed by atoms with Gasteiger partial charge in [0.1, 0.15) is 13.3 Å². The largest absolute Gasteiger partial charge is 0.722 e. The highest BCUT2D eigenvalue weighted by Crippen LogP contribution is 1.75. The number of pyridine rings is 1. The first kappa shape index (κ1) is 23.5. The molecule has 1 aromatic heterocycles.